The number of thioether (sulfide) groups is 1. The van der Waals surface area contributed by atoms with Crippen molar-refractivity contribution >= 4 is 29.6 Å². The molecule has 8 heteroatoms. The van der Waals surface area contributed by atoms with Gasteiger partial charge < -0.3 is 4.74 Å². The van der Waals surface area contributed by atoms with Crippen molar-refractivity contribution in [3.63, 3.8) is 0 Å². The lowest BCUT2D eigenvalue weighted by atomic mass is 10.2. The second-order valence-corrected chi connectivity index (χ2v) is 8.04. The maximum Gasteiger partial charge on any atom is 0.269 e. The number of nitrogens with one attached hydrogen (secondary N) is 1. The van der Waals surface area contributed by atoms with Crippen molar-refractivity contribution in [3.8, 4) is 5.75 Å². The second kappa shape index (κ2) is 11.7. The molecule has 3 aromatic carbocycles. The van der Waals surface area contributed by atoms with E-state index in [-0.39, 0.29) is 11.6 Å². The van der Waals surface area contributed by atoms with Crippen LogP contribution >= 0.6 is 11.8 Å². The van der Waals surface area contributed by atoms with Crippen LogP contribution in [-0.2, 0) is 17.2 Å². The first kappa shape index (κ1) is 23.0. The van der Waals surface area contributed by atoms with Crippen LogP contribution in [0.3, 0.4) is 0 Å². The number of non-ortho nitro benzene ring substituents is 1. The zero-order chi connectivity index (χ0) is 22.8. The number of carbonyl (C=O) groups excluding carboxylic acids is 1. The number of ether oxygens (including phenoxy) is 1. The minimum Gasteiger partial charge on any atom is -0.489 e. The molecule has 0 bridgehead atoms. The lowest BCUT2D eigenvalue weighted by molar-refractivity contribution is -0.384. The maximum atomic E-state index is 11.9. The van der Waals surface area contributed by atoms with E-state index in [1.54, 1.807) is 30.5 Å². The Morgan fingerprint density at radius 2 is 1.69 bits per heavy atom. The molecule has 0 aliphatic heterocycles. The SMILES string of the molecule is Cc1ccc(CSCC(=O)N/N=C/c2ccc(OCc3ccc([N+](=O)[O-])cc3)cc2)cc1. The molecule has 0 fully saturated rings. The van der Waals surface area contributed by atoms with Crippen molar-refractivity contribution in [2.45, 2.75) is 19.3 Å². The van der Waals surface area contributed by atoms with Crippen LogP contribution in [0, 0.1) is 17.0 Å². The topological polar surface area (TPSA) is 93.8 Å². The number of benzene rings is 3. The van der Waals surface area contributed by atoms with Crippen molar-refractivity contribution < 1.29 is 14.5 Å². The monoisotopic (exact) mass is 449 g/mol. The van der Waals surface area contributed by atoms with Crippen LogP contribution in [0.15, 0.2) is 77.9 Å². The molecule has 0 radical (unpaired) electrons. The van der Waals surface area contributed by atoms with Crippen LogP contribution in [0.25, 0.3) is 0 Å². The third kappa shape index (κ3) is 7.55. The van der Waals surface area contributed by atoms with E-state index in [9.17, 15) is 14.9 Å². The molecular formula is C24H23N3O4S. The van der Waals surface area contributed by atoms with Crippen molar-refractivity contribution in [1.82, 2.24) is 5.43 Å². The van der Waals surface area contributed by atoms with Gasteiger partial charge in [0.2, 0.25) is 5.91 Å². The van der Waals surface area contributed by atoms with Gasteiger partial charge >= 0.3 is 0 Å². The van der Waals surface area contributed by atoms with E-state index in [1.807, 2.05) is 19.1 Å². The Labute approximate surface area is 190 Å². The van der Waals surface area contributed by atoms with Gasteiger partial charge in [0.1, 0.15) is 12.4 Å². The lowest BCUT2D eigenvalue weighted by Gasteiger charge is -2.06. The minimum atomic E-state index is -0.433. The third-order valence-corrected chi connectivity index (χ3v) is 5.46. The number of hydrogen-bond donors (Lipinski definition) is 1. The molecule has 7 nitrogen and oxygen atoms in total. The number of hydrazone groups is 1. The number of carbonyl (C=O) groups is 1. The molecule has 3 rings (SSSR count). The number of aryl methyl sites for hydroxylation is 1. The van der Waals surface area contributed by atoms with E-state index in [2.05, 4.69) is 34.8 Å². The molecule has 0 atom stereocenters. The maximum absolute atomic E-state index is 11.9. The Balaban J connectivity index is 1.38. The number of nitrogens with zero attached hydrogens (tertiary/aromatic N) is 2. The highest BCUT2D eigenvalue weighted by Crippen LogP contribution is 2.16. The van der Waals surface area contributed by atoms with Gasteiger partial charge in [0, 0.05) is 17.9 Å². The summed E-state index contributed by atoms with van der Waals surface area (Å²) in [4.78, 5) is 22.2. The van der Waals surface area contributed by atoms with Gasteiger partial charge in [0.05, 0.1) is 16.9 Å². The highest BCUT2D eigenvalue weighted by Gasteiger charge is 2.04. The summed E-state index contributed by atoms with van der Waals surface area (Å²) in [5, 5.41) is 14.7. The van der Waals surface area contributed by atoms with Gasteiger partial charge in [0.15, 0.2) is 0 Å². The Bertz CT molecular complexity index is 1070. The summed E-state index contributed by atoms with van der Waals surface area (Å²) in [5.41, 5.74) is 6.64. The van der Waals surface area contributed by atoms with Gasteiger partial charge in [-0.15, -0.1) is 11.8 Å². The fourth-order valence-electron chi connectivity index (χ4n) is 2.69. The largest absolute Gasteiger partial charge is 0.489 e. The van der Waals surface area contributed by atoms with Gasteiger partial charge in [-0.25, -0.2) is 5.43 Å². The molecule has 0 saturated heterocycles. The van der Waals surface area contributed by atoms with E-state index in [1.165, 1.54) is 35.0 Å². The normalized spacial score (nSPS) is 10.8. The summed E-state index contributed by atoms with van der Waals surface area (Å²) >= 11 is 1.54. The molecule has 0 saturated carbocycles. The average Bonchev–Trinajstić information content (AvgIpc) is 2.80. The summed E-state index contributed by atoms with van der Waals surface area (Å²) in [6, 6.07) is 21.7. The number of amides is 1. The summed E-state index contributed by atoms with van der Waals surface area (Å²) in [7, 11) is 0. The Morgan fingerprint density at radius 3 is 2.34 bits per heavy atom. The van der Waals surface area contributed by atoms with Crippen molar-refractivity contribution in [1.29, 1.82) is 0 Å². The first-order valence-corrected chi connectivity index (χ1v) is 11.1. The lowest BCUT2D eigenvalue weighted by Crippen LogP contribution is -2.19. The fraction of sp³-hybridized carbons (Fsp3) is 0.167. The van der Waals surface area contributed by atoms with Crippen LogP contribution in [0.2, 0.25) is 0 Å². The number of nitro benzene ring substituents is 1. The van der Waals surface area contributed by atoms with Crippen LogP contribution < -0.4 is 10.2 Å². The molecule has 0 heterocycles. The predicted octanol–water partition coefficient (Wildman–Crippen LogP) is 4.87. The van der Waals surface area contributed by atoms with Crippen molar-refractivity contribution in [2.24, 2.45) is 5.10 Å². The van der Waals surface area contributed by atoms with Crippen LogP contribution in [-0.4, -0.2) is 22.8 Å². The number of nitro groups is 1. The van der Waals surface area contributed by atoms with E-state index in [4.69, 9.17) is 4.74 Å². The van der Waals surface area contributed by atoms with Crippen molar-refractivity contribution in [2.75, 3.05) is 5.75 Å². The van der Waals surface area contributed by atoms with E-state index < -0.39 is 4.92 Å². The molecule has 0 aliphatic carbocycles. The molecule has 0 unspecified atom stereocenters. The van der Waals surface area contributed by atoms with Gasteiger partial charge in [-0.3, -0.25) is 14.9 Å². The quantitative estimate of drug-likeness (QED) is 0.271. The van der Waals surface area contributed by atoms with Gasteiger partial charge in [0.25, 0.3) is 5.69 Å². The standard InChI is InChI=1S/C24H23N3O4S/c1-18-2-4-21(5-3-18)16-32-17-24(28)26-25-14-19-8-12-23(13-9-19)31-15-20-6-10-22(11-7-20)27(29)30/h2-14H,15-17H2,1H3,(H,26,28)/b25-14+. The molecular weight excluding hydrogens is 426 g/mol. The van der Waals surface area contributed by atoms with E-state index in [0.717, 1.165) is 16.9 Å². The highest BCUT2D eigenvalue weighted by molar-refractivity contribution is 7.99. The highest BCUT2D eigenvalue weighted by atomic mass is 32.2. The summed E-state index contributed by atoms with van der Waals surface area (Å²) in [6.45, 7) is 2.35. The van der Waals surface area contributed by atoms with Crippen LogP contribution in [0.5, 0.6) is 5.75 Å². The Hall–Kier alpha value is -3.65. The second-order valence-electron chi connectivity index (χ2n) is 7.05. The van der Waals surface area contributed by atoms with E-state index >= 15 is 0 Å². The van der Waals surface area contributed by atoms with E-state index in [0.29, 0.717) is 18.1 Å². The number of hydrogen-bond acceptors (Lipinski definition) is 6. The van der Waals surface area contributed by atoms with Gasteiger partial charge in [-0.2, -0.15) is 5.10 Å². The Morgan fingerprint density at radius 1 is 1.03 bits per heavy atom. The molecule has 0 aliphatic rings. The van der Waals surface area contributed by atoms with Crippen molar-refractivity contribution in [3.05, 3.63) is 105 Å². The molecule has 1 amide bonds. The Kier molecular flexibility index (Phi) is 8.39. The smallest absolute Gasteiger partial charge is 0.269 e. The fourth-order valence-corrected chi connectivity index (χ4v) is 3.47. The average molecular weight is 450 g/mol. The molecule has 3 aromatic rings. The summed E-state index contributed by atoms with van der Waals surface area (Å²) < 4.78 is 5.69. The summed E-state index contributed by atoms with van der Waals surface area (Å²) in [5.74, 6) is 1.62. The molecule has 32 heavy (non-hydrogen) atoms. The van der Waals surface area contributed by atoms with Crippen LogP contribution in [0.1, 0.15) is 22.3 Å². The zero-order valence-electron chi connectivity index (χ0n) is 17.6. The summed E-state index contributed by atoms with van der Waals surface area (Å²) in [6.07, 6.45) is 1.57. The zero-order valence-corrected chi connectivity index (χ0v) is 18.4. The van der Waals surface area contributed by atoms with Gasteiger partial charge in [-0.1, -0.05) is 29.8 Å². The van der Waals surface area contributed by atoms with Gasteiger partial charge in [-0.05, 0) is 60.0 Å². The molecule has 164 valence electrons. The third-order valence-electron chi connectivity index (χ3n) is 4.46. The molecule has 0 spiro atoms. The molecule has 1 N–H and O–H groups in total. The van der Waals surface area contributed by atoms with Crippen LogP contribution in [0.4, 0.5) is 5.69 Å². The first-order valence-electron chi connectivity index (χ1n) is 9.91. The minimum absolute atomic E-state index is 0.0503. The number of rotatable bonds is 10. The first-order chi connectivity index (χ1) is 15.5. The molecule has 0 aromatic heterocycles. The predicted molar refractivity (Wildman–Crippen MR) is 127 cm³/mol.